The zero-order chi connectivity index (χ0) is 16.0. The topological polar surface area (TPSA) is 101 Å². The zero-order valence-electron chi connectivity index (χ0n) is 12.7. The third-order valence-electron chi connectivity index (χ3n) is 3.32. The second-order valence-corrected chi connectivity index (χ2v) is 6.78. The number of aromatic nitrogens is 2. The highest BCUT2D eigenvalue weighted by atomic mass is 32.2. The molecule has 1 aromatic heterocycles. The van der Waals surface area contributed by atoms with Gasteiger partial charge in [0.15, 0.2) is 0 Å². The molecule has 0 unspecified atom stereocenters. The van der Waals surface area contributed by atoms with Gasteiger partial charge in [0.05, 0.1) is 11.4 Å². The van der Waals surface area contributed by atoms with Crippen molar-refractivity contribution < 1.29 is 18.3 Å². The number of carboxylic acids is 1. The van der Waals surface area contributed by atoms with Crippen molar-refractivity contribution in [3.05, 3.63) is 11.4 Å². The van der Waals surface area contributed by atoms with Crippen molar-refractivity contribution in [2.24, 2.45) is 7.05 Å². The molecule has 1 heterocycles. The second kappa shape index (κ2) is 7.56. The Morgan fingerprint density at radius 3 is 2.38 bits per heavy atom. The number of nitrogens with zero attached hydrogens (tertiary/aromatic N) is 2. The number of nitrogens with one attached hydrogen (secondary N) is 1. The van der Waals surface area contributed by atoms with E-state index in [0.29, 0.717) is 30.8 Å². The Hall–Kier alpha value is -1.41. The van der Waals surface area contributed by atoms with Crippen molar-refractivity contribution in [2.75, 3.05) is 6.54 Å². The molecule has 0 spiro atoms. The number of unbranched alkanes of at least 4 members (excludes halogenated alkanes) is 3. The van der Waals surface area contributed by atoms with Gasteiger partial charge in [-0.1, -0.05) is 12.8 Å². The van der Waals surface area contributed by atoms with Crippen LogP contribution in [0.15, 0.2) is 4.90 Å². The number of carbonyl (C=O) groups is 1. The molecule has 21 heavy (non-hydrogen) atoms. The van der Waals surface area contributed by atoms with Crippen LogP contribution in [0.2, 0.25) is 0 Å². The van der Waals surface area contributed by atoms with Crippen LogP contribution in [-0.4, -0.2) is 35.8 Å². The molecule has 7 nitrogen and oxygen atoms in total. The number of hydrogen-bond donors (Lipinski definition) is 2. The largest absolute Gasteiger partial charge is 0.481 e. The fraction of sp³-hybridized carbons (Fsp3) is 0.692. The van der Waals surface area contributed by atoms with Crippen LogP contribution in [0.4, 0.5) is 0 Å². The van der Waals surface area contributed by atoms with Crippen LogP contribution in [-0.2, 0) is 21.9 Å². The summed E-state index contributed by atoms with van der Waals surface area (Å²) in [5, 5.41) is 12.6. The third-order valence-corrected chi connectivity index (χ3v) is 5.03. The van der Waals surface area contributed by atoms with Gasteiger partial charge in [-0.15, -0.1) is 0 Å². The lowest BCUT2D eigenvalue weighted by molar-refractivity contribution is -0.137. The Labute approximate surface area is 125 Å². The van der Waals surface area contributed by atoms with Gasteiger partial charge in [0.25, 0.3) is 0 Å². The Balaban J connectivity index is 2.42. The van der Waals surface area contributed by atoms with E-state index in [0.717, 1.165) is 12.8 Å². The molecule has 0 aliphatic rings. The summed E-state index contributed by atoms with van der Waals surface area (Å²) >= 11 is 0. The first kappa shape index (κ1) is 17.6. The van der Waals surface area contributed by atoms with Gasteiger partial charge in [-0.3, -0.25) is 9.48 Å². The molecule has 0 bridgehead atoms. The van der Waals surface area contributed by atoms with Crippen molar-refractivity contribution in [3.63, 3.8) is 0 Å². The van der Waals surface area contributed by atoms with Gasteiger partial charge in [-0.2, -0.15) is 5.10 Å². The van der Waals surface area contributed by atoms with Crippen LogP contribution in [0.25, 0.3) is 0 Å². The van der Waals surface area contributed by atoms with E-state index in [2.05, 4.69) is 9.82 Å². The molecular weight excluding hydrogens is 294 g/mol. The number of carboxylic acid groups (broad SMARTS) is 1. The summed E-state index contributed by atoms with van der Waals surface area (Å²) in [6, 6.07) is 0. The van der Waals surface area contributed by atoms with Crippen LogP contribution in [0.3, 0.4) is 0 Å². The number of hydrogen-bond acceptors (Lipinski definition) is 4. The first-order valence-corrected chi connectivity index (χ1v) is 8.45. The lowest BCUT2D eigenvalue weighted by Gasteiger charge is -2.07. The lowest BCUT2D eigenvalue weighted by atomic mass is 10.1. The Bertz CT molecular complexity index is 593. The van der Waals surface area contributed by atoms with Gasteiger partial charge in [-0.05, 0) is 26.7 Å². The number of rotatable bonds is 9. The molecule has 0 aliphatic carbocycles. The summed E-state index contributed by atoms with van der Waals surface area (Å²) in [5.41, 5.74) is 1.10. The molecule has 8 heteroatoms. The molecule has 1 aromatic rings. The summed E-state index contributed by atoms with van der Waals surface area (Å²) in [7, 11) is -1.82. The predicted molar refractivity (Wildman–Crippen MR) is 78.6 cm³/mol. The Morgan fingerprint density at radius 2 is 1.86 bits per heavy atom. The quantitative estimate of drug-likeness (QED) is 0.669. The second-order valence-electron chi connectivity index (χ2n) is 5.08. The van der Waals surface area contributed by atoms with E-state index in [9.17, 15) is 13.2 Å². The van der Waals surface area contributed by atoms with E-state index in [4.69, 9.17) is 5.11 Å². The molecule has 0 aromatic carbocycles. The summed E-state index contributed by atoms with van der Waals surface area (Å²) in [5.74, 6) is -0.793. The van der Waals surface area contributed by atoms with Crippen LogP contribution >= 0.6 is 0 Å². The fourth-order valence-electron chi connectivity index (χ4n) is 2.18. The standard InChI is InChI=1S/C13H23N3O4S/c1-10-13(11(2)16(3)15-10)21(19,20)14-9-7-5-4-6-8-12(17)18/h14H,4-9H2,1-3H3,(H,17,18). The average Bonchev–Trinajstić information content (AvgIpc) is 2.62. The molecule has 0 amide bonds. The van der Waals surface area contributed by atoms with Gasteiger partial charge in [0.2, 0.25) is 10.0 Å². The molecule has 0 radical (unpaired) electrons. The van der Waals surface area contributed by atoms with E-state index in [1.165, 1.54) is 0 Å². The minimum absolute atomic E-state index is 0.166. The maximum atomic E-state index is 12.2. The number of aryl methyl sites for hydroxylation is 2. The molecular formula is C13H23N3O4S. The Kier molecular flexibility index (Phi) is 6.35. The van der Waals surface area contributed by atoms with E-state index >= 15 is 0 Å². The summed E-state index contributed by atoms with van der Waals surface area (Å²) < 4.78 is 28.6. The first-order chi connectivity index (χ1) is 9.75. The van der Waals surface area contributed by atoms with Crippen LogP contribution < -0.4 is 4.72 Å². The number of aliphatic carboxylic acids is 1. The molecule has 0 atom stereocenters. The zero-order valence-corrected chi connectivity index (χ0v) is 13.5. The van der Waals surface area contributed by atoms with Gasteiger partial charge in [-0.25, -0.2) is 13.1 Å². The lowest BCUT2D eigenvalue weighted by Crippen LogP contribution is -2.25. The van der Waals surface area contributed by atoms with Gasteiger partial charge >= 0.3 is 5.97 Å². The highest BCUT2D eigenvalue weighted by Gasteiger charge is 2.22. The van der Waals surface area contributed by atoms with Gasteiger partial charge in [0, 0.05) is 20.0 Å². The fourth-order valence-corrected chi connectivity index (χ4v) is 3.68. The minimum atomic E-state index is -3.53. The summed E-state index contributed by atoms with van der Waals surface area (Å²) in [6.07, 6.45) is 3.08. The number of sulfonamides is 1. The first-order valence-electron chi connectivity index (χ1n) is 6.97. The smallest absolute Gasteiger partial charge is 0.303 e. The van der Waals surface area contributed by atoms with Crippen molar-refractivity contribution in [1.29, 1.82) is 0 Å². The van der Waals surface area contributed by atoms with Crippen molar-refractivity contribution in [2.45, 2.75) is 50.8 Å². The molecule has 0 fully saturated rings. The van der Waals surface area contributed by atoms with E-state index in [-0.39, 0.29) is 11.3 Å². The molecule has 0 saturated heterocycles. The predicted octanol–water partition coefficient (Wildman–Crippen LogP) is 1.35. The normalized spacial score (nSPS) is 11.8. The maximum Gasteiger partial charge on any atom is 0.303 e. The van der Waals surface area contributed by atoms with Crippen molar-refractivity contribution in [1.82, 2.24) is 14.5 Å². The molecule has 2 N–H and O–H groups in total. The van der Waals surface area contributed by atoms with Crippen LogP contribution in [0.5, 0.6) is 0 Å². The van der Waals surface area contributed by atoms with Crippen molar-refractivity contribution in [3.8, 4) is 0 Å². The van der Waals surface area contributed by atoms with Crippen molar-refractivity contribution >= 4 is 16.0 Å². The summed E-state index contributed by atoms with van der Waals surface area (Å²) in [6.45, 7) is 3.75. The highest BCUT2D eigenvalue weighted by Crippen LogP contribution is 2.18. The maximum absolute atomic E-state index is 12.2. The average molecular weight is 317 g/mol. The monoisotopic (exact) mass is 317 g/mol. The minimum Gasteiger partial charge on any atom is -0.481 e. The van der Waals surface area contributed by atoms with E-state index in [1.807, 2.05) is 0 Å². The highest BCUT2D eigenvalue weighted by molar-refractivity contribution is 7.89. The van der Waals surface area contributed by atoms with Gasteiger partial charge < -0.3 is 5.11 Å². The van der Waals surface area contributed by atoms with Gasteiger partial charge in [0.1, 0.15) is 4.90 Å². The van der Waals surface area contributed by atoms with Crippen LogP contribution in [0, 0.1) is 13.8 Å². The van der Waals surface area contributed by atoms with Crippen LogP contribution in [0.1, 0.15) is 43.5 Å². The molecule has 120 valence electrons. The SMILES string of the molecule is Cc1nn(C)c(C)c1S(=O)(=O)NCCCCCCC(=O)O. The summed E-state index contributed by atoms with van der Waals surface area (Å²) in [4.78, 5) is 10.6. The molecule has 0 aliphatic heterocycles. The molecule has 0 saturated carbocycles. The third kappa shape index (κ3) is 5.13. The van der Waals surface area contributed by atoms with E-state index in [1.54, 1.807) is 25.6 Å². The Morgan fingerprint density at radius 1 is 1.24 bits per heavy atom. The molecule has 1 rings (SSSR count). The van der Waals surface area contributed by atoms with E-state index < -0.39 is 16.0 Å².